The Morgan fingerprint density at radius 3 is 2.33 bits per heavy atom. The molecule has 0 aliphatic rings. The lowest BCUT2D eigenvalue weighted by Crippen LogP contribution is -2.20. The minimum atomic E-state index is 0.519. The third-order valence-corrected chi connectivity index (χ3v) is 2.88. The summed E-state index contributed by atoms with van der Waals surface area (Å²) in [5, 5.41) is 3.45. The molecule has 1 rings (SSSR count). The summed E-state index contributed by atoms with van der Waals surface area (Å²) in [6.07, 6.45) is 0. The van der Waals surface area contributed by atoms with Gasteiger partial charge in [-0.3, -0.25) is 0 Å². The van der Waals surface area contributed by atoms with Crippen LogP contribution in [0, 0.1) is 26.7 Å². The second kappa shape index (κ2) is 5.17. The van der Waals surface area contributed by atoms with E-state index in [2.05, 4.69) is 45.1 Å². The Bertz CT molecular complexity index is 332. The molecule has 0 aliphatic carbocycles. The Morgan fingerprint density at radius 1 is 1.13 bits per heavy atom. The molecular weight excluding hydrogens is 184 g/mol. The first-order chi connectivity index (χ1) is 7.04. The maximum absolute atomic E-state index is 5.59. The normalized spacial score (nSPS) is 12.6. The summed E-state index contributed by atoms with van der Waals surface area (Å²) < 4.78 is 0. The highest BCUT2D eigenvalue weighted by atomic mass is 14.9. The van der Waals surface area contributed by atoms with Crippen molar-refractivity contribution in [2.45, 2.75) is 27.7 Å². The Labute approximate surface area is 92.9 Å². The van der Waals surface area contributed by atoms with E-state index in [1.54, 1.807) is 0 Å². The fourth-order valence-corrected chi connectivity index (χ4v) is 1.52. The molecule has 0 spiro atoms. The number of aryl methyl sites for hydroxylation is 3. The van der Waals surface area contributed by atoms with E-state index < -0.39 is 0 Å². The third-order valence-electron chi connectivity index (χ3n) is 2.88. The van der Waals surface area contributed by atoms with Crippen LogP contribution in [0.15, 0.2) is 12.1 Å². The Morgan fingerprint density at radius 2 is 1.73 bits per heavy atom. The van der Waals surface area contributed by atoms with Crippen LogP contribution in [-0.2, 0) is 0 Å². The lowest BCUT2D eigenvalue weighted by Gasteiger charge is -2.15. The van der Waals surface area contributed by atoms with Gasteiger partial charge in [-0.2, -0.15) is 0 Å². The fraction of sp³-hybridized carbons (Fsp3) is 0.538. The summed E-state index contributed by atoms with van der Waals surface area (Å²) >= 11 is 0. The van der Waals surface area contributed by atoms with Gasteiger partial charge in [0.05, 0.1) is 0 Å². The van der Waals surface area contributed by atoms with Gasteiger partial charge in [-0.05, 0) is 56.0 Å². The molecule has 2 heteroatoms. The Balaban J connectivity index is 2.73. The average Bonchev–Trinajstić information content (AvgIpc) is 2.21. The number of hydrogen-bond donors (Lipinski definition) is 2. The molecule has 3 N–H and O–H groups in total. The smallest absolute Gasteiger partial charge is 0.0372 e. The Hall–Kier alpha value is -1.02. The fourth-order valence-electron chi connectivity index (χ4n) is 1.52. The van der Waals surface area contributed by atoms with Crippen molar-refractivity contribution in [3.05, 3.63) is 28.8 Å². The van der Waals surface area contributed by atoms with Gasteiger partial charge in [0.2, 0.25) is 0 Å². The van der Waals surface area contributed by atoms with Crippen LogP contribution in [0.3, 0.4) is 0 Å². The van der Waals surface area contributed by atoms with Crippen LogP contribution in [0.1, 0.15) is 23.6 Å². The molecule has 0 fully saturated rings. The van der Waals surface area contributed by atoms with E-state index in [1.807, 2.05) is 0 Å². The highest BCUT2D eigenvalue weighted by molar-refractivity contribution is 5.54. The number of benzene rings is 1. The van der Waals surface area contributed by atoms with Gasteiger partial charge in [0.15, 0.2) is 0 Å². The first-order valence-corrected chi connectivity index (χ1v) is 5.56. The lowest BCUT2D eigenvalue weighted by atomic mass is 10.0. The molecule has 0 radical (unpaired) electrons. The zero-order valence-electron chi connectivity index (χ0n) is 10.2. The topological polar surface area (TPSA) is 38.0 Å². The quantitative estimate of drug-likeness (QED) is 0.794. The molecule has 0 bridgehead atoms. The molecule has 0 amide bonds. The second-order valence-corrected chi connectivity index (χ2v) is 4.47. The highest BCUT2D eigenvalue weighted by Gasteiger charge is 2.03. The molecule has 0 aliphatic heterocycles. The van der Waals surface area contributed by atoms with Crippen LogP contribution < -0.4 is 11.1 Å². The van der Waals surface area contributed by atoms with Gasteiger partial charge in [-0.25, -0.2) is 0 Å². The van der Waals surface area contributed by atoms with Crippen molar-refractivity contribution in [1.82, 2.24) is 0 Å². The third kappa shape index (κ3) is 3.24. The van der Waals surface area contributed by atoms with E-state index in [0.29, 0.717) is 5.92 Å². The van der Waals surface area contributed by atoms with E-state index in [0.717, 1.165) is 13.1 Å². The molecule has 1 unspecified atom stereocenters. The van der Waals surface area contributed by atoms with Crippen LogP contribution in [0.25, 0.3) is 0 Å². The summed E-state index contributed by atoms with van der Waals surface area (Å²) in [5.74, 6) is 0.519. The van der Waals surface area contributed by atoms with Crippen LogP contribution in [0.4, 0.5) is 5.69 Å². The van der Waals surface area contributed by atoms with Crippen LogP contribution in [0.5, 0.6) is 0 Å². The van der Waals surface area contributed by atoms with Crippen LogP contribution in [0.2, 0.25) is 0 Å². The molecule has 0 saturated heterocycles. The summed E-state index contributed by atoms with van der Waals surface area (Å²) in [7, 11) is 0. The van der Waals surface area contributed by atoms with E-state index >= 15 is 0 Å². The SMILES string of the molecule is Cc1cc(C)c(NCC(C)CN)cc1C. The van der Waals surface area contributed by atoms with E-state index in [4.69, 9.17) is 5.73 Å². The second-order valence-electron chi connectivity index (χ2n) is 4.47. The molecule has 0 aromatic heterocycles. The molecule has 0 saturated carbocycles. The molecule has 84 valence electrons. The van der Waals surface area contributed by atoms with Gasteiger partial charge in [0.25, 0.3) is 0 Å². The monoisotopic (exact) mass is 206 g/mol. The number of anilines is 1. The standard InChI is InChI=1S/C13H22N2/c1-9(7-14)8-15-13-6-11(3)10(2)5-12(13)4/h5-6,9,15H,7-8,14H2,1-4H3. The van der Waals surface area contributed by atoms with Gasteiger partial charge < -0.3 is 11.1 Å². The minimum Gasteiger partial charge on any atom is -0.385 e. The molecule has 2 nitrogen and oxygen atoms in total. The molecule has 1 aromatic rings. The van der Waals surface area contributed by atoms with E-state index in [9.17, 15) is 0 Å². The number of rotatable bonds is 4. The molecule has 15 heavy (non-hydrogen) atoms. The summed E-state index contributed by atoms with van der Waals surface area (Å²) in [5.41, 5.74) is 10.8. The Kier molecular flexibility index (Phi) is 4.15. The number of hydrogen-bond acceptors (Lipinski definition) is 2. The highest BCUT2D eigenvalue weighted by Crippen LogP contribution is 2.20. The van der Waals surface area contributed by atoms with Crippen LogP contribution >= 0.6 is 0 Å². The first kappa shape index (κ1) is 12.1. The molecule has 1 atom stereocenters. The van der Waals surface area contributed by atoms with Gasteiger partial charge in [0.1, 0.15) is 0 Å². The van der Waals surface area contributed by atoms with Crippen molar-refractivity contribution < 1.29 is 0 Å². The number of nitrogens with one attached hydrogen (secondary N) is 1. The van der Waals surface area contributed by atoms with Gasteiger partial charge in [-0.1, -0.05) is 13.0 Å². The van der Waals surface area contributed by atoms with Crippen molar-refractivity contribution in [3.8, 4) is 0 Å². The zero-order chi connectivity index (χ0) is 11.4. The largest absolute Gasteiger partial charge is 0.385 e. The molecule has 1 aromatic carbocycles. The maximum atomic E-state index is 5.59. The van der Waals surface area contributed by atoms with Crippen LogP contribution in [-0.4, -0.2) is 13.1 Å². The van der Waals surface area contributed by atoms with Gasteiger partial charge in [0, 0.05) is 12.2 Å². The maximum Gasteiger partial charge on any atom is 0.0372 e. The predicted molar refractivity (Wildman–Crippen MR) is 67.4 cm³/mol. The van der Waals surface area contributed by atoms with Crippen molar-refractivity contribution in [2.24, 2.45) is 11.7 Å². The minimum absolute atomic E-state index is 0.519. The predicted octanol–water partition coefficient (Wildman–Crippen LogP) is 2.62. The molecule has 0 heterocycles. The number of nitrogens with two attached hydrogens (primary N) is 1. The summed E-state index contributed by atoms with van der Waals surface area (Å²) in [6.45, 7) is 10.3. The van der Waals surface area contributed by atoms with Crippen molar-refractivity contribution in [2.75, 3.05) is 18.4 Å². The van der Waals surface area contributed by atoms with E-state index in [1.165, 1.54) is 22.4 Å². The lowest BCUT2D eigenvalue weighted by molar-refractivity contribution is 0.628. The van der Waals surface area contributed by atoms with Crippen molar-refractivity contribution in [3.63, 3.8) is 0 Å². The summed E-state index contributed by atoms with van der Waals surface area (Å²) in [6, 6.07) is 4.44. The molecular formula is C13H22N2. The summed E-state index contributed by atoms with van der Waals surface area (Å²) in [4.78, 5) is 0. The zero-order valence-corrected chi connectivity index (χ0v) is 10.2. The first-order valence-electron chi connectivity index (χ1n) is 5.56. The van der Waals surface area contributed by atoms with E-state index in [-0.39, 0.29) is 0 Å². The van der Waals surface area contributed by atoms with Gasteiger partial charge in [-0.15, -0.1) is 0 Å². The van der Waals surface area contributed by atoms with Crippen molar-refractivity contribution in [1.29, 1.82) is 0 Å². The van der Waals surface area contributed by atoms with Gasteiger partial charge >= 0.3 is 0 Å². The van der Waals surface area contributed by atoms with Crippen molar-refractivity contribution >= 4 is 5.69 Å². The average molecular weight is 206 g/mol.